The van der Waals surface area contributed by atoms with Crippen molar-refractivity contribution in [3.8, 4) is 11.5 Å². The average Bonchev–Trinajstić information content (AvgIpc) is 3.08. The third-order valence-electron chi connectivity index (χ3n) is 3.76. The van der Waals surface area contributed by atoms with Crippen molar-refractivity contribution in [1.29, 1.82) is 0 Å². The van der Waals surface area contributed by atoms with Crippen molar-refractivity contribution in [2.24, 2.45) is 5.73 Å². The molecule has 2 aromatic rings. The molecule has 3 N–H and O–H groups in total. The third-order valence-corrected chi connectivity index (χ3v) is 3.76. The predicted molar refractivity (Wildman–Crippen MR) is 76.4 cm³/mol. The summed E-state index contributed by atoms with van der Waals surface area (Å²) in [5, 5.41) is 9.12. The van der Waals surface area contributed by atoms with Gasteiger partial charge in [-0.1, -0.05) is 18.2 Å². The normalized spacial score (nSPS) is 22.5. The Morgan fingerprint density at radius 2 is 2.19 bits per heavy atom. The summed E-state index contributed by atoms with van der Waals surface area (Å²) in [6.45, 7) is 1.52. The lowest BCUT2D eigenvalue weighted by molar-refractivity contribution is -0.142. The van der Waals surface area contributed by atoms with Crippen LogP contribution in [0.25, 0.3) is 11.5 Å². The maximum Gasteiger partial charge on any atom is 0.325 e. The molecule has 1 aromatic heterocycles. The van der Waals surface area contributed by atoms with Gasteiger partial charge in [-0.2, -0.15) is 0 Å². The highest BCUT2D eigenvalue weighted by Gasteiger charge is 2.41. The van der Waals surface area contributed by atoms with E-state index in [0.29, 0.717) is 31.9 Å². The number of aromatic nitrogens is 1. The minimum absolute atomic E-state index is 0.329. The Morgan fingerprint density at radius 1 is 1.43 bits per heavy atom. The van der Waals surface area contributed by atoms with Gasteiger partial charge in [-0.15, -0.1) is 0 Å². The topological polar surface area (TPSA) is 92.6 Å². The van der Waals surface area contributed by atoms with Crippen molar-refractivity contribution >= 4 is 5.97 Å². The van der Waals surface area contributed by atoms with Crippen LogP contribution < -0.4 is 5.73 Å². The largest absolute Gasteiger partial charge is 0.480 e. The first kappa shape index (κ1) is 13.8. The van der Waals surface area contributed by atoms with E-state index in [0.717, 1.165) is 11.3 Å². The van der Waals surface area contributed by atoms with Crippen LogP contribution in [-0.4, -0.2) is 39.6 Å². The predicted octanol–water partition coefficient (Wildman–Crippen LogP) is 1.33. The van der Waals surface area contributed by atoms with Crippen LogP contribution in [0.5, 0.6) is 0 Å². The van der Waals surface area contributed by atoms with Gasteiger partial charge in [0.1, 0.15) is 11.8 Å². The highest BCUT2D eigenvalue weighted by molar-refractivity contribution is 5.79. The number of rotatable bonds is 4. The number of oxazole rings is 1. The number of carbonyl (C=O) groups is 1. The van der Waals surface area contributed by atoms with Crippen LogP contribution in [0.2, 0.25) is 0 Å². The molecule has 1 saturated heterocycles. The molecule has 1 fully saturated rings. The SMILES string of the molecule is NC1(C(=O)O)CCN(Cc2coc(-c3ccccc3)n2)C1. The first-order chi connectivity index (χ1) is 10.1. The molecule has 6 heteroatoms. The number of nitrogens with two attached hydrogens (primary N) is 1. The van der Waals surface area contributed by atoms with Crippen molar-refractivity contribution in [1.82, 2.24) is 9.88 Å². The van der Waals surface area contributed by atoms with E-state index in [1.165, 1.54) is 0 Å². The fraction of sp³-hybridized carbons (Fsp3) is 0.333. The van der Waals surface area contributed by atoms with E-state index in [1.807, 2.05) is 35.2 Å². The number of benzene rings is 1. The first-order valence-corrected chi connectivity index (χ1v) is 6.81. The van der Waals surface area contributed by atoms with E-state index in [4.69, 9.17) is 15.3 Å². The van der Waals surface area contributed by atoms with E-state index < -0.39 is 11.5 Å². The van der Waals surface area contributed by atoms with Crippen LogP contribution in [0.15, 0.2) is 41.0 Å². The minimum atomic E-state index is -1.15. The summed E-state index contributed by atoms with van der Waals surface area (Å²) in [6.07, 6.45) is 2.06. The Labute approximate surface area is 122 Å². The quantitative estimate of drug-likeness (QED) is 0.881. The molecule has 110 valence electrons. The van der Waals surface area contributed by atoms with Crippen LogP contribution in [0.4, 0.5) is 0 Å². The molecular weight excluding hydrogens is 270 g/mol. The second kappa shape index (κ2) is 5.31. The van der Waals surface area contributed by atoms with Crippen LogP contribution >= 0.6 is 0 Å². The lowest BCUT2D eigenvalue weighted by Gasteiger charge is -2.19. The maximum atomic E-state index is 11.1. The number of hydrogen-bond acceptors (Lipinski definition) is 5. The summed E-state index contributed by atoms with van der Waals surface area (Å²) in [5.41, 5.74) is 6.41. The Balaban J connectivity index is 1.68. The number of carboxylic acid groups (broad SMARTS) is 1. The molecule has 0 spiro atoms. The zero-order valence-corrected chi connectivity index (χ0v) is 11.5. The number of nitrogens with zero attached hydrogens (tertiary/aromatic N) is 2. The molecule has 1 aliphatic rings. The van der Waals surface area contributed by atoms with Gasteiger partial charge in [0.05, 0.1) is 5.69 Å². The molecule has 3 rings (SSSR count). The molecule has 0 radical (unpaired) electrons. The number of aliphatic carboxylic acids is 1. The summed E-state index contributed by atoms with van der Waals surface area (Å²) in [5.74, 6) is -0.378. The van der Waals surface area contributed by atoms with Gasteiger partial charge >= 0.3 is 5.97 Å². The van der Waals surface area contributed by atoms with Crippen LogP contribution in [0, 0.1) is 0 Å². The Kier molecular flexibility index (Phi) is 3.48. The summed E-state index contributed by atoms with van der Waals surface area (Å²) in [4.78, 5) is 17.6. The fourth-order valence-electron chi connectivity index (χ4n) is 2.55. The molecular formula is C15H17N3O3. The highest BCUT2D eigenvalue weighted by atomic mass is 16.4. The van der Waals surface area contributed by atoms with Gasteiger partial charge in [-0.25, -0.2) is 4.98 Å². The number of carboxylic acids is 1. The molecule has 2 heterocycles. The molecule has 1 unspecified atom stereocenters. The van der Waals surface area contributed by atoms with Crippen LogP contribution in [0.1, 0.15) is 12.1 Å². The van der Waals surface area contributed by atoms with E-state index in [1.54, 1.807) is 6.26 Å². The number of likely N-dealkylation sites (tertiary alicyclic amines) is 1. The van der Waals surface area contributed by atoms with Gasteiger partial charge in [0.2, 0.25) is 5.89 Å². The zero-order valence-electron chi connectivity index (χ0n) is 11.5. The Bertz CT molecular complexity index is 641. The van der Waals surface area contributed by atoms with E-state index in [2.05, 4.69) is 4.98 Å². The van der Waals surface area contributed by atoms with Gasteiger partial charge in [-0.05, 0) is 18.6 Å². The molecule has 0 aliphatic carbocycles. The van der Waals surface area contributed by atoms with E-state index in [9.17, 15) is 4.79 Å². The zero-order chi connectivity index (χ0) is 14.9. The van der Waals surface area contributed by atoms with E-state index in [-0.39, 0.29) is 0 Å². The molecule has 1 aromatic carbocycles. The summed E-state index contributed by atoms with van der Waals surface area (Å²) in [7, 11) is 0. The molecule has 0 amide bonds. The summed E-state index contributed by atoms with van der Waals surface area (Å²) in [6, 6.07) is 9.65. The molecule has 6 nitrogen and oxygen atoms in total. The first-order valence-electron chi connectivity index (χ1n) is 6.81. The second-order valence-corrected chi connectivity index (χ2v) is 5.43. The van der Waals surface area contributed by atoms with Crippen molar-refractivity contribution in [2.75, 3.05) is 13.1 Å². The van der Waals surface area contributed by atoms with Gasteiger partial charge in [0.25, 0.3) is 0 Å². The highest BCUT2D eigenvalue weighted by Crippen LogP contribution is 2.23. The van der Waals surface area contributed by atoms with Crippen molar-refractivity contribution < 1.29 is 14.3 Å². The van der Waals surface area contributed by atoms with Gasteiger partial charge in [-0.3, -0.25) is 9.69 Å². The van der Waals surface area contributed by atoms with Gasteiger partial charge in [0.15, 0.2) is 0 Å². The fourth-order valence-corrected chi connectivity index (χ4v) is 2.55. The third kappa shape index (κ3) is 2.81. The van der Waals surface area contributed by atoms with Gasteiger partial charge < -0.3 is 15.3 Å². The summed E-state index contributed by atoms with van der Waals surface area (Å²) < 4.78 is 5.48. The molecule has 0 bridgehead atoms. The lowest BCUT2D eigenvalue weighted by Crippen LogP contribution is -2.50. The Hall–Kier alpha value is -2.18. The molecule has 21 heavy (non-hydrogen) atoms. The standard InChI is InChI=1S/C15H17N3O3/c16-15(14(19)20)6-7-18(10-15)8-12-9-21-13(17-12)11-4-2-1-3-5-11/h1-5,9H,6-8,10,16H2,(H,19,20). The average molecular weight is 287 g/mol. The maximum absolute atomic E-state index is 11.1. The van der Waals surface area contributed by atoms with Crippen molar-refractivity contribution in [3.63, 3.8) is 0 Å². The lowest BCUT2D eigenvalue weighted by atomic mass is 10.0. The minimum Gasteiger partial charge on any atom is -0.480 e. The van der Waals surface area contributed by atoms with Crippen molar-refractivity contribution in [3.05, 3.63) is 42.3 Å². The molecule has 1 atom stereocenters. The smallest absolute Gasteiger partial charge is 0.325 e. The summed E-state index contributed by atoms with van der Waals surface area (Å²) >= 11 is 0. The van der Waals surface area contributed by atoms with Crippen LogP contribution in [-0.2, 0) is 11.3 Å². The number of hydrogen-bond donors (Lipinski definition) is 2. The second-order valence-electron chi connectivity index (χ2n) is 5.43. The van der Waals surface area contributed by atoms with Crippen molar-refractivity contribution in [2.45, 2.75) is 18.5 Å². The Morgan fingerprint density at radius 3 is 2.86 bits per heavy atom. The monoisotopic (exact) mass is 287 g/mol. The molecule has 1 aliphatic heterocycles. The van der Waals surface area contributed by atoms with E-state index >= 15 is 0 Å². The molecule has 0 saturated carbocycles. The van der Waals surface area contributed by atoms with Crippen LogP contribution in [0.3, 0.4) is 0 Å². The van der Waals surface area contributed by atoms with Gasteiger partial charge in [0, 0.05) is 25.2 Å².